The number of halogens is 1. The van der Waals surface area contributed by atoms with Crippen LogP contribution in [-0.2, 0) is 27.1 Å². The molecule has 152 valence electrons. The third kappa shape index (κ3) is 3.87. The van der Waals surface area contributed by atoms with Crippen LogP contribution in [0.2, 0.25) is 0 Å². The minimum atomic E-state index is -0.363. The minimum Gasteiger partial charge on any atom is -0.320 e. The number of anilines is 1. The number of hydrogen-bond donors (Lipinski definition) is 1. The van der Waals surface area contributed by atoms with Crippen LogP contribution in [0.25, 0.3) is 11.1 Å². The molecule has 1 N–H and O–H groups in total. The highest BCUT2D eigenvalue weighted by Gasteiger charge is 2.32. The summed E-state index contributed by atoms with van der Waals surface area (Å²) in [5, 5.41) is 11.5. The van der Waals surface area contributed by atoms with Crippen LogP contribution in [-0.4, -0.2) is 37.0 Å². The molecular weight excluding hydrogens is 371 g/mol. The van der Waals surface area contributed by atoms with Crippen molar-refractivity contribution in [2.45, 2.75) is 26.8 Å². The molecule has 0 aliphatic carbocycles. The van der Waals surface area contributed by atoms with Crippen LogP contribution in [0.5, 0.6) is 0 Å². The van der Waals surface area contributed by atoms with E-state index in [4.69, 9.17) is 0 Å². The summed E-state index contributed by atoms with van der Waals surface area (Å²) in [7, 11) is 3.73. The van der Waals surface area contributed by atoms with Crippen LogP contribution >= 0.6 is 0 Å². The van der Waals surface area contributed by atoms with E-state index in [1.165, 1.54) is 12.1 Å². The third-order valence-electron chi connectivity index (χ3n) is 5.30. The molecule has 7 nitrogen and oxygen atoms in total. The number of carbonyl (C=O) groups is 1. The summed E-state index contributed by atoms with van der Waals surface area (Å²) in [4.78, 5) is 15.0. The molecule has 0 spiro atoms. The smallest absolute Gasteiger partial charge is 0.320 e. The topological polar surface area (TPSA) is 68.0 Å². The van der Waals surface area contributed by atoms with Gasteiger partial charge in [0.15, 0.2) is 0 Å². The Balaban J connectivity index is 1.63. The van der Waals surface area contributed by atoms with Crippen molar-refractivity contribution in [1.29, 1.82) is 0 Å². The van der Waals surface area contributed by atoms with E-state index in [1.807, 2.05) is 17.9 Å². The fourth-order valence-corrected chi connectivity index (χ4v) is 3.92. The first-order valence-electron chi connectivity index (χ1n) is 9.56. The maximum atomic E-state index is 13.9. The first-order chi connectivity index (χ1) is 13.7. The number of carbonyl (C=O) groups excluding carboxylic acids is 1. The minimum absolute atomic E-state index is 0.0919. The summed E-state index contributed by atoms with van der Waals surface area (Å²) in [6.07, 6.45) is 6.12. The first-order valence-corrected chi connectivity index (χ1v) is 9.56. The second-order valence-corrected chi connectivity index (χ2v) is 8.46. The van der Waals surface area contributed by atoms with Gasteiger partial charge in [-0.3, -0.25) is 9.36 Å². The Morgan fingerprint density at radius 1 is 1.21 bits per heavy atom. The quantitative estimate of drug-likeness (QED) is 0.720. The molecule has 1 aliphatic rings. The molecule has 0 fully saturated rings. The fraction of sp³-hybridized carbons (Fsp3) is 0.381. The van der Waals surface area contributed by atoms with Crippen molar-refractivity contribution >= 4 is 11.7 Å². The molecule has 0 bridgehead atoms. The lowest BCUT2D eigenvalue weighted by molar-refractivity contribution is 0.180. The SMILES string of the molecule is Cn1cc(-c2cc(F)ccc2NC(=O)N2Cc3cnn(C)c3CC(C)(C)C2)cn1. The van der Waals surface area contributed by atoms with Gasteiger partial charge in [0.25, 0.3) is 0 Å². The summed E-state index contributed by atoms with van der Waals surface area (Å²) in [5.74, 6) is -0.363. The van der Waals surface area contributed by atoms with Crippen molar-refractivity contribution in [2.75, 3.05) is 11.9 Å². The number of aryl methyl sites for hydroxylation is 2. The van der Waals surface area contributed by atoms with Gasteiger partial charge in [0.1, 0.15) is 5.82 Å². The van der Waals surface area contributed by atoms with Crippen molar-refractivity contribution in [3.8, 4) is 11.1 Å². The number of rotatable bonds is 2. The highest BCUT2D eigenvalue weighted by molar-refractivity contribution is 5.94. The van der Waals surface area contributed by atoms with Gasteiger partial charge in [-0.05, 0) is 30.0 Å². The van der Waals surface area contributed by atoms with Crippen LogP contribution < -0.4 is 5.32 Å². The number of fused-ring (bicyclic) bond motifs is 1. The second kappa shape index (κ2) is 7.02. The number of nitrogens with zero attached hydrogens (tertiary/aromatic N) is 5. The zero-order valence-electron chi connectivity index (χ0n) is 17.1. The molecule has 3 aromatic rings. The Bertz CT molecular complexity index is 1070. The van der Waals surface area contributed by atoms with E-state index >= 15 is 0 Å². The molecule has 0 atom stereocenters. The number of amides is 2. The van der Waals surface area contributed by atoms with E-state index in [2.05, 4.69) is 29.4 Å². The molecule has 0 saturated heterocycles. The van der Waals surface area contributed by atoms with Crippen molar-refractivity contribution in [3.05, 3.63) is 53.9 Å². The second-order valence-electron chi connectivity index (χ2n) is 8.46. The molecule has 2 amide bonds. The average molecular weight is 396 g/mol. The Morgan fingerprint density at radius 2 is 2.00 bits per heavy atom. The predicted molar refractivity (Wildman–Crippen MR) is 109 cm³/mol. The lowest BCUT2D eigenvalue weighted by Gasteiger charge is -2.30. The van der Waals surface area contributed by atoms with E-state index in [0.717, 1.165) is 23.2 Å². The zero-order chi connectivity index (χ0) is 20.8. The normalized spacial score (nSPS) is 15.7. The lowest BCUT2D eigenvalue weighted by atomic mass is 9.87. The monoisotopic (exact) mass is 396 g/mol. The average Bonchev–Trinajstić information content (AvgIpc) is 3.18. The van der Waals surface area contributed by atoms with Crippen LogP contribution in [0.3, 0.4) is 0 Å². The molecule has 1 aliphatic heterocycles. The molecule has 8 heteroatoms. The molecule has 3 heterocycles. The highest BCUT2D eigenvalue weighted by atomic mass is 19.1. The highest BCUT2D eigenvalue weighted by Crippen LogP contribution is 2.32. The lowest BCUT2D eigenvalue weighted by Crippen LogP contribution is -2.40. The van der Waals surface area contributed by atoms with E-state index in [0.29, 0.717) is 24.3 Å². The molecule has 0 unspecified atom stereocenters. The maximum absolute atomic E-state index is 13.9. The predicted octanol–water partition coefficient (Wildman–Crippen LogP) is 3.58. The molecule has 0 radical (unpaired) electrons. The van der Waals surface area contributed by atoms with Crippen molar-refractivity contribution in [1.82, 2.24) is 24.5 Å². The summed E-state index contributed by atoms with van der Waals surface area (Å²) in [6, 6.07) is 4.14. The van der Waals surface area contributed by atoms with Gasteiger partial charge in [0.2, 0.25) is 0 Å². The Morgan fingerprint density at radius 3 is 2.72 bits per heavy atom. The number of urea groups is 1. The van der Waals surface area contributed by atoms with E-state index < -0.39 is 0 Å². The van der Waals surface area contributed by atoms with Gasteiger partial charge in [-0.2, -0.15) is 10.2 Å². The molecule has 0 saturated carbocycles. The molecule has 4 rings (SSSR count). The van der Waals surface area contributed by atoms with Crippen LogP contribution in [0.15, 0.2) is 36.8 Å². The Labute approximate surface area is 169 Å². The van der Waals surface area contributed by atoms with Crippen LogP contribution in [0.1, 0.15) is 25.1 Å². The summed E-state index contributed by atoms with van der Waals surface area (Å²) < 4.78 is 17.4. The van der Waals surface area contributed by atoms with E-state index in [-0.39, 0.29) is 17.3 Å². The summed E-state index contributed by atoms with van der Waals surface area (Å²) in [6.45, 7) is 5.39. The van der Waals surface area contributed by atoms with E-state index in [9.17, 15) is 9.18 Å². The van der Waals surface area contributed by atoms with Gasteiger partial charge in [-0.1, -0.05) is 13.8 Å². The maximum Gasteiger partial charge on any atom is 0.322 e. The third-order valence-corrected chi connectivity index (χ3v) is 5.30. The Hall–Kier alpha value is -3.16. The van der Waals surface area contributed by atoms with Crippen LogP contribution in [0.4, 0.5) is 14.9 Å². The van der Waals surface area contributed by atoms with Crippen molar-refractivity contribution < 1.29 is 9.18 Å². The number of nitrogens with one attached hydrogen (secondary N) is 1. The van der Waals surface area contributed by atoms with Gasteiger partial charge < -0.3 is 10.2 Å². The molecule has 2 aromatic heterocycles. The largest absolute Gasteiger partial charge is 0.322 e. The van der Waals surface area contributed by atoms with Crippen molar-refractivity contribution in [2.24, 2.45) is 19.5 Å². The molecular formula is C21H25FN6O. The molecule has 1 aromatic carbocycles. The standard InChI is InChI=1S/C21H25FN6O/c1-21(2)8-19-15(10-24-27(19)4)12-28(13-21)20(29)25-18-6-5-16(22)7-17(18)14-9-23-26(3)11-14/h5-7,9-11H,8,12-13H2,1-4H3,(H,25,29). The van der Waals surface area contributed by atoms with Gasteiger partial charge in [-0.25, -0.2) is 9.18 Å². The first kappa shape index (κ1) is 19.2. The Kier molecular flexibility index (Phi) is 4.64. The summed E-state index contributed by atoms with van der Waals surface area (Å²) >= 11 is 0. The zero-order valence-corrected chi connectivity index (χ0v) is 17.1. The number of hydrogen-bond acceptors (Lipinski definition) is 3. The van der Waals surface area contributed by atoms with Gasteiger partial charge in [0, 0.05) is 49.2 Å². The van der Waals surface area contributed by atoms with E-state index in [1.54, 1.807) is 35.1 Å². The van der Waals surface area contributed by atoms with Crippen LogP contribution in [0, 0.1) is 11.2 Å². The number of benzene rings is 1. The molecule has 29 heavy (non-hydrogen) atoms. The van der Waals surface area contributed by atoms with Gasteiger partial charge in [0.05, 0.1) is 24.6 Å². The van der Waals surface area contributed by atoms with Gasteiger partial charge >= 0.3 is 6.03 Å². The van der Waals surface area contributed by atoms with Crippen molar-refractivity contribution in [3.63, 3.8) is 0 Å². The van der Waals surface area contributed by atoms with Gasteiger partial charge in [-0.15, -0.1) is 0 Å². The fourth-order valence-electron chi connectivity index (χ4n) is 3.92. The summed E-state index contributed by atoms with van der Waals surface area (Å²) in [5.41, 5.74) is 4.02. The number of aromatic nitrogens is 4.